The summed E-state index contributed by atoms with van der Waals surface area (Å²) in [6, 6.07) is 9.14. The zero-order valence-electron chi connectivity index (χ0n) is 9.96. The van der Waals surface area contributed by atoms with Crippen molar-refractivity contribution in [2.24, 2.45) is 0 Å². The first-order valence-electron chi connectivity index (χ1n) is 5.49. The highest BCUT2D eigenvalue weighted by molar-refractivity contribution is 7.13. The largest absolute Gasteiger partial charge is 0.496 e. The molecule has 0 fully saturated rings. The van der Waals surface area contributed by atoms with Crippen LogP contribution in [-0.4, -0.2) is 17.3 Å². The van der Waals surface area contributed by atoms with Gasteiger partial charge in [0.2, 0.25) is 5.82 Å². The summed E-state index contributed by atoms with van der Waals surface area (Å²) in [7, 11) is 1.59. The molecule has 1 aromatic carbocycles. The molecule has 4 nitrogen and oxygen atoms in total. The Balaban J connectivity index is 2.06. The van der Waals surface area contributed by atoms with E-state index in [-0.39, 0.29) is 0 Å². The predicted molar refractivity (Wildman–Crippen MR) is 74.6 cm³/mol. The molecule has 6 heteroatoms. The maximum absolute atomic E-state index is 5.99. The molecular formula is C13H9ClN2O2S. The fourth-order valence-corrected chi connectivity index (χ4v) is 2.51. The number of aromatic nitrogens is 2. The maximum atomic E-state index is 5.99. The van der Waals surface area contributed by atoms with Crippen molar-refractivity contribution in [3.05, 3.63) is 40.7 Å². The van der Waals surface area contributed by atoms with Crippen molar-refractivity contribution >= 4 is 22.9 Å². The van der Waals surface area contributed by atoms with E-state index in [1.165, 1.54) is 0 Å². The average Bonchev–Trinajstić information content (AvgIpc) is 3.09. The van der Waals surface area contributed by atoms with Crippen LogP contribution in [0, 0.1) is 0 Å². The molecule has 0 bridgehead atoms. The van der Waals surface area contributed by atoms with Crippen molar-refractivity contribution in [1.29, 1.82) is 0 Å². The van der Waals surface area contributed by atoms with Gasteiger partial charge in [0.1, 0.15) is 5.75 Å². The van der Waals surface area contributed by atoms with E-state index in [0.717, 1.165) is 4.88 Å². The van der Waals surface area contributed by atoms with Gasteiger partial charge in [-0.25, -0.2) is 0 Å². The summed E-state index contributed by atoms with van der Waals surface area (Å²) in [4.78, 5) is 5.32. The fourth-order valence-electron chi connectivity index (χ4n) is 1.69. The highest BCUT2D eigenvalue weighted by Crippen LogP contribution is 2.33. The Kier molecular flexibility index (Phi) is 3.23. The molecule has 0 N–H and O–H groups in total. The Morgan fingerprint density at radius 3 is 2.95 bits per heavy atom. The Labute approximate surface area is 118 Å². The van der Waals surface area contributed by atoms with Gasteiger partial charge in [-0.2, -0.15) is 4.98 Å². The molecule has 2 aromatic heterocycles. The second-order valence-electron chi connectivity index (χ2n) is 3.75. The SMILES string of the molecule is COc1ccc(Cl)cc1-c1nc(-c2cccs2)no1. The second-order valence-corrected chi connectivity index (χ2v) is 5.13. The number of methoxy groups -OCH3 is 1. The number of ether oxygens (including phenoxy) is 1. The number of halogens is 1. The third kappa shape index (κ3) is 2.34. The van der Waals surface area contributed by atoms with E-state index in [0.29, 0.717) is 28.1 Å². The second kappa shape index (κ2) is 5.03. The number of rotatable bonds is 3. The molecule has 2 heterocycles. The van der Waals surface area contributed by atoms with Crippen molar-refractivity contribution in [3.63, 3.8) is 0 Å². The molecule has 0 aliphatic carbocycles. The first-order chi connectivity index (χ1) is 9.28. The Hall–Kier alpha value is -1.85. The highest BCUT2D eigenvalue weighted by atomic mass is 35.5. The van der Waals surface area contributed by atoms with E-state index < -0.39 is 0 Å². The van der Waals surface area contributed by atoms with Crippen LogP contribution in [0.4, 0.5) is 0 Å². The Morgan fingerprint density at radius 1 is 1.32 bits per heavy atom. The van der Waals surface area contributed by atoms with Crippen LogP contribution in [0.2, 0.25) is 5.02 Å². The standard InChI is InChI=1S/C13H9ClN2O2S/c1-17-10-5-4-8(14)7-9(10)13-15-12(16-18-13)11-3-2-6-19-11/h2-7H,1H3. The molecule has 0 spiro atoms. The number of hydrogen-bond acceptors (Lipinski definition) is 5. The van der Waals surface area contributed by atoms with E-state index in [9.17, 15) is 0 Å². The molecule has 0 amide bonds. The summed E-state index contributed by atoms with van der Waals surface area (Å²) >= 11 is 7.54. The number of nitrogens with zero attached hydrogens (tertiary/aromatic N) is 2. The minimum absolute atomic E-state index is 0.391. The van der Waals surface area contributed by atoms with Gasteiger partial charge in [-0.1, -0.05) is 22.8 Å². The van der Waals surface area contributed by atoms with Gasteiger partial charge in [0.05, 0.1) is 17.6 Å². The number of thiophene rings is 1. The smallest absolute Gasteiger partial charge is 0.262 e. The van der Waals surface area contributed by atoms with Crippen LogP contribution >= 0.6 is 22.9 Å². The molecule has 3 rings (SSSR count). The topological polar surface area (TPSA) is 48.2 Å². The van der Waals surface area contributed by atoms with Crippen LogP contribution in [0.1, 0.15) is 0 Å². The summed E-state index contributed by atoms with van der Waals surface area (Å²) in [5.41, 5.74) is 0.685. The Bertz CT molecular complexity index is 694. The third-order valence-electron chi connectivity index (χ3n) is 2.56. The summed E-state index contributed by atoms with van der Waals surface area (Å²) < 4.78 is 10.5. The van der Waals surface area contributed by atoms with Gasteiger partial charge in [-0.3, -0.25) is 0 Å². The lowest BCUT2D eigenvalue weighted by Gasteiger charge is -2.04. The van der Waals surface area contributed by atoms with Gasteiger partial charge in [0.15, 0.2) is 0 Å². The molecule has 0 aliphatic rings. The van der Waals surface area contributed by atoms with Gasteiger partial charge in [0.25, 0.3) is 5.89 Å². The monoisotopic (exact) mass is 292 g/mol. The number of hydrogen-bond donors (Lipinski definition) is 0. The minimum atomic E-state index is 0.391. The van der Waals surface area contributed by atoms with Gasteiger partial charge in [-0.15, -0.1) is 11.3 Å². The normalized spacial score (nSPS) is 10.6. The average molecular weight is 293 g/mol. The maximum Gasteiger partial charge on any atom is 0.262 e. The lowest BCUT2D eigenvalue weighted by Crippen LogP contribution is -1.88. The van der Waals surface area contributed by atoms with Crippen LogP contribution in [0.25, 0.3) is 22.2 Å². The van der Waals surface area contributed by atoms with E-state index in [1.54, 1.807) is 36.6 Å². The quantitative estimate of drug-likeness (QED) is 0.728. The predicted octanol–water partition coefficient (Wildman–Crippen LogP) is 4.13. The summed E-state index contributed by atoms with van der Waals surface area (Å²) in [6.45, 7) is 0. The van der Waals surface area contributed by atoms with Gasteiger partial charge < -0.3 is 9.26 Å². The molecule has 0 unspecified atom stereocenters. The van der Waals surface area contributed by atoms with Gasteiger partial charge in [-0.05, 0) is 29.6 Å². The molecule has 3 aromatic rings. The fraction of sp³-hybridized carbons (Fsp3) is 0.0769. The van der Waals surface area contributed by atoms with Crippen LogP contribution < -0.4 is 4.74 Å². The van der Waals surface area contributed by atoms with Crippen LogP contribution in [0.3, 0.4) is 0 Å². The first-order valence-corrected chi connectivity index (χ1v) is 6.75. The van der Waals surface area contributed by atoms with Crippen molar-refractivity contribution < 1.29 is 9.26 Å². The van der Waals surface area contributed by atoms with E-state index in [2.05, 4.69) is 10.1 Å². The molecule has 19 heavy (non-hydrogen) atoms. The minimum Gasteiger partial charge on any atom is -0.496 e. The van der Waals surface area contributed by atoms with Crippen LogP contribution in [-0.2, 0) is 0 Å². The zero-order valence-corrected chi connectivity index (χ0v) is 11.5. The summed E-state index contributed by atoms with van der Waals surface area (Å²) in [5.74, 6) is 1.60. The summed E-state index contributed by atoms with van der Waals surface area (Å²) in [5, 5.41) is 6.52. The van der Waals surface area contributed by atoms with Crippen molar-refractivity contribution in [1.82, 2.24) is 10.1 Å². The molecule has 96 valence electrons. The lowest BCUT2D eigenvalue weighted by atomic mass is 10.2. The van der Waals surface area contributed by atoms with Gasteiger partial charge >= 0.3 is 0 Å². The molecular weight excluding hydrogens is 284 g/mol. The van der Waals surface area contributed by atoms with Crippen molar-refractivity contribution in [3.8, 4) is 27.9 Å². The molecule has 0 aliphatic heterocycles. The third-order valence-corrected chi connectivity index (χ3v) is 3.66. The van der Waals surface area contributed by atoms with E-state index >= 15 is 0 Å². The van der Waals surface area contributed by atoms with Gasteiger partial charge in [0, 0.05) is 5.02 Å². The van der Waals surface area contributed by atoms with E-state index in [4.69, 9.17) is 20.9 Å². The highest BCUT2D eigenvalue weighted by Gasteiger charge is 2.15. The number of benzene rings is 1. The van der Waals surface area contributed by atoms with Crippen LogP contribution in [0.15, 0.2) is 40.2 Å². The Morgan fingerprint density at radius 2 is 2.21 bits per heavy atom. The van der Waals surface area contributed by atoms with E-state index in [1.807, 2.05) is 17.5 Å². The molecule has 0 atom stereocenters. The van der Waals surface area contributed by atoms with Crippen molar-refractivity contribution in [2.45, 2.75) is 0 Å². The molecule has 0 radical (unpaired) electrons. The molecule has 0 saturated carbocycles. The zero-order chi connectivity index (χ0) is 13.2. The van der Waals surface area contributed by atoms with Crippen LogP contribution in [0.5, 0.6) is 5.75 Å². The first kappa shape index (κ1) is 12.2. The lowest BCUT2D eigenvalue weighted by molar-refractivity contribution is 0.405. The molecule has 0 saturated heterocycles. The van der Waals surface area contributed by atoms with Crippen molar-refractivity contribution in [2.75, 3.05) is 7.11 Å². The summed E-state index contributed by atoms with van der Waals surface area (Å²) in [6.07, 6.45) is 0.